The first-order valence-electron chi connectivity index (χ1n) is 2.63. The van der Waals surface area contributed by atoms with Gasteiger partial charge >= 0.3 is 0 Å². The second-order valence-corrected chi connectivity index (χ2v) is 4.51. The molecule has 0 saturated carbocycles. The van der Waals surface area contributed by atoms with Crippen molar-refractivity contribution in [2.24, 2.45) is 0 Å². The molecule has 0 bridgehead atoms. The smallest absolute Gasteiger partial charge is 0.0756 e. The summed E-state index contributed by atoms with van der Waals surface area (Å²) in [7, 11) is 2.22. The largest absolute Gasteiger partial charge is 0.281 e. The van der Waals surface area contributed by atoms with Gasteiger partial charge in [-0.05, 0) is 12.1 Å². The zero-order valence-electron chi connectivity index (χ0n) is 5.07. The lowest BCUT2D eigenvalue weighted by atomic mass is 10.4. The van der Waals surface area contributed by atoms with E-state index in [1.807, 2.05) is 0 Å². The van der Waals surface area contributed by atoms with Crippen molar-refractivity contribution in [3.63, 3.8) is 0 Å². The van der Waals surface area contributed by atoms with E-state index in [2.05, 4.69) is 0 Å². The van der Waals surface area contributed by atoms with E-state index in [0.717, 1.165) is 0 Å². The van der Waals surface area contributed by atoms with Gasteiger partial charge in [0.05, 0.1) is 4.90 Å². The molecule has 0 atom stereocenters. The van der Waals surface area contributed by atoms with Crippen molar-refractivity contribution in [3.8, 4) is 0 Å². The van der Waals surface area contributed by atoms with E-state index >= 15 is 0 Å². The summed E-state index contributed by atoms with van der Waals surface area (Å²) in [4.78, 5) is 0.358. The van der Waals surface area contributed by atoms with Crippen LogP contribution in [0.2, 0.25) is 0 Å². The zero-order valence-corrected chi connectivity index (χ0v) is 6.64. The molecule has 0 aliphatic heterocycles. The van der Waals surface area contributed by atoms with E-state index in [4.69, 9.17) is 19.8 Å². The quantitative estimate of drug-likeness (QED) is 0.694. The highest BCUT2D eigenvalue weighted by Gasteiger charge is 2.08. The van der Waals surface area contributed by atoms with Crippen molar-refractivity contribution in [3.05, 3.63) is 30.3 Å². The van der Waals surface area contributed by atoms with E-state index in [9.17, 15) is 0 Å². The van der Waals surface area contributed by atoms with Crippen LogP contribution in [0, 0.1) is 0 Å². The summed E-state index contributed by atoms with van der Waals surface area (Å²) in [6, 6.07) is 8.33. The molecule has 0 saturated heterocycles. The molecule has 0 heterocycles. The van der Waals surface area contributed by atoms with Crippen molar-refractivity contribution in [1.82, 2.24) is 0 Å². The Kier molecular flexibility index (Phi) is 2.21. The summed E-state index contributed by atoms with van der Waals surface area (Å²) in [5.74, 6) is 0. The third kappa shape index (κ3) is 1.88. The minimum atomic E-state index is -3.03. The molecule has 0 amide bonds. The van der Waals surface area contributed by atoms with Crippen LogP contribution < -0.4 is 0 Å². The predicted octanol–water partition coefficient (Wildman–Crippen LogP) is 2.95. The van der Waals surface area contributed by atoms with Crippen LogP contribution in [0.25, 0.3) is 0 Å². The molecule has 0 aromatic heterocycles. The van der Waals surface area contributed by atoms with Gasteiger partial charge in [-0.25, -0.2) is 0 Å². The molecule has 10 heavy (non-hydrogen) atoms. The fourth-order valence-corrected chi connectivity index (χ4v) is 1.41. The Hall–Kier alpha value is -0.220. The molecule has 1 aromatic carbocycles. The average molecular weight is 179 g/mol. The number of halogens is 1. The minimum Gasteiger partial charge on any atom is -0.281 e. The molecule has 0 aliphatic rings. The number of rotatable bonds is 1. The Morgan fingerprint density at radius 2 is 1.60 bits per heavy atom. The van der Waals surface area contributed by atoms with Gasteiger partial charge in [-0.1, -0.05) is 28.0 Å². The zero-order chi connectivity index (χ0) is 7.61. The first-order valence-corrected chi connectivity index (χ1v) is 5.01. The van der Waals surface area contributed by atoms with Gasteiger partial charge in [-0.2, -0.15) is 0 Å². The van der Waals surface area contributed by atoms with Gasteiger partial charge in [0.25, 0.3) is 0 Å². The molecule has 0 unspecified atom stereocenters. The third-order valence-corrected chi connectivity index (χ3v) is 2.45. The van der Waals surface area contributed by atoms with Gasteiger partial charge in [0, 0.05) is 10.7 Å². The standard InChI is InChI=1S/C6H7ClO2S/c7-10(8,9)6-4-2-1-3-5-6/h1-5,8-9H. The van der Waals surface area contributed by atoms with Crippen LogP contribution in [-0.2, 0) is 0 Å². The Morgan fingerprint density at radius 1 is 1.10 bits per heavy atom. The maximum atomic E-state index is 8.89. The van der Waals surface area contributed by atoms with Crippen molar-refractivity contribution in [2.45, 2.75) is 4.90 Å². The van der Waals surface area contributed by atoms with Gasteiger partial charge in [-0.3, -0.25) is 9.11 Å². The van der Waals surface area contributed by atoms with Crippen LogP contribution in [0.4, 0.5) is 0 Å². The monoisotopic (exact) mass is 178 g/mol. The highest BCUT2D eigenvalue weighted by atomic mass is 35.7. The topological polar surface area (TPSA) is 40.5 Å². The van der Waals surface area contributed by atoms with Crippen LogP contribution in [0.1, 0.15) is 0 Å². The molecule has 1 aromatic rings. The highest BCUT2D eigenvalue weighted by Crippen LogP contribution is 2.52. The molecule has 0 fully saturated rings. The summed E-state index contributed by atoms with van der Waals surface area (Å²) in [5.41, 5.74) is 0. The first kappa shape index (κ1) is 7.88. The van der Waals surface area contributed by atoms with E-state index in [1.165, 1.54) is 0 Å². The fourth-order valence-electron chi connectivity index (χ4n) is 0.594. The molecular weight excluding hydrogens is 172 g/mol. The lowest BCUT2D eigenvalue weighted by Crippen LogP contribution is -1.86. The summed E-state index contributed by atoms with van der Waals surface area (Å²) >= 11 is 0. The van der Waals surface area contributed by atoms with Gasteiger partial charge in [-0.15, -0.1) is 0 Å². The van der Waals surface area contributed by atoms with Crippen molar-refractivity contribution >= 4 is 20.5 Å². The molecule has 1 rings (SSSR count). The molecule has 56 valence electrons. The van der Waals surface area contributed by atoms with E-state index < -0.39 is 9.80 Å². The second-order valence-electron chi connectivity index (χ2n) is 1.79. The van der Waals surface area contributed by atoms with Gasteiger partial charge in [0.2, 0.25) is 0 Å². The third-order valence-electron chi connectivity index (χ3n) is 1.04. The van der Waals surface area contributed by atoms with Crippen molar-refractivity contribution in [2.75, 3.05) is 0 Å². The lowest BCUT2D eigenvalue weighted by molar-refractivity contribution is 0.507. The van der Waals surface area contributed by atoms with Crippen LogP contribution in [-0.4, -0.2) is 9.11 Å². The van der Waals surface area contributed by atoms with Crippen LogP contribution in [0.3, 0.4) is 0 Å². The highest BCUT2D eigenvalue weighted by molar-refractivity contribution is 8.43. The van der Waals surface area contributed by atoms with Crippen LogP contribution in [0.15, 0.2) is 35.2 Å². The number of hydrogen-bond acceptors (Lipinski definition) is 2. The predicted molar refractivity (Wildman–Crippen MR) is 43.4 cm³/mol. The van der Waals surface area contributed by atoms with Gasteiger partial charge < -0.3 is 0 Å². The lowest BCUT2D eigenvalue weighted by Gasteiger charge is -2.22. The summed E-state index contributed by atoms with van der Waals surface area (Å²) in [6.07, 6.45) is 0. The number of benzene rings is 1. The van der Waals surface area contributed by atoms with Crippen LogP contribution >= 0.6 is 20.5 Å². The van der Waals surface area contributed by atoms with Crippen LogP contribution in [0.5, 0.6) is 0 Å². The van der Waals surface area contributed by atoms with Crippen molar-refractivity contribution < 1.29 is 9.11 Å². The molecule has 4 heteroatoms. The van der Waals surface area contributed by atoms with E-state index in [-0.39, 0.29) is 0 Å². The normalized spacial score (nSPS) is 13.1. The Labute approximate surface area is 65.3 Å². The molecule has 2 nitrogen and oxygen atoms in total. The molecular formula is C6H7ClO2S. The molecule has 2 N–H and O–H groups in total. The molecule has 0 aliphatic carbocycles. The summed E-state index contributed by atoms with van der Waals surface area (Å²) in [5, 5.41) is 0. The van der Waals surface area contributed by atoms with Gasteiger partial charge in [0.1, 0.15) is 0 Å². The fraction of sp³-hybridized carbons (Fsp3) is 0. The average Bonchev–Trinajstić information content (AvgIpc) is 1.88. The Morgan fingerprint density at radius 3 is 1.90 bits per heavy atom. The van der Waals surface area contributed by atoms with Gasteiger partial charge in [0.15, 0.2) is 0 Å². The summed E-state index contributed by atoms with van der Waals surface area (Å²) in [6.45, 7) is 0. The Bertz CT molecular complexity index is 207. The maximum absolute atomic E-state index is 8.89. The number of hydrogen-bond donors (Lipinski definition) is 2. The minimum absolute atomic E-state index is 0.358. The Balaban J connectivity index is 2.97. The van der Waals surface area contributed by atoms with E-state index in [0.29, 0.717) is 4.90 Å². The SMILES string of the molecule is OS(O)(Cl)c1ccccc1. The van der Waals surface area contributed by atoms with E-state index in [1.54, 1.807) is 30.3 Å². The van der Waals surface area contributed by atoms with Crippen molar-refractivity contribution in [1.29, 1.82) is 0 Å². The maximum Gasteiger partial charge on any atom is 0.0756 e. The summed E-state index contributed by atoms with van der Waals surface area (Å²) < 4.78 is 17.8. The second kappa shape index (κ2) is 2.80. The molecule has 0 radical (unpaired) electrons. The first-order chi connectivity index (χ1) is 4.61. The molecule has 0 spiro atoms.